The summed E-state index contributed by atoms with van der Waals surface area (Å²) < 4.78 is 0. The quantitative estimate of drug-likeness (QED) is 0.700. The van der Waals surface area contributed by atoms with Crippen LogP contribution in [0.2, 0.25) is 0 Å². The number of amides is 1. The van der Waals surface area contributed by atoms with E-state index in [0.29, 0.717) is 6.54 Å². The van der Waals surface area contributed by atoms with Gasteiger partial charge in [0.2, 0.25) is 5.91 Å². The molecule has 0 aromatic carbocycles. The molecule has 1 aliphatic rings. The van der Waals surface area contributed by atoms with E-state index in [-0.39, 0.29) is 5.91 Å². The summed E-state index contributed by atoms with van der Waals surface area (Å²) in [5.41, 5.74) is 5.45. The van der Waals surface area contributed by atoms with E-state index in [1.807, 2.05) is 0 Å². The number of piperidine rings is 1. The zero-order chi connectivity index (χ0) is 11.3. The van der Waals surface area contributed by atoms with Crippen molar-refractivity contribution in [1.29, 1.82) is 0 Å². The second kappa shape index (κ2) is 6.08. The van der Waals surface area contributed by atoms with Gasteiger partial charge in [0, 0.05) is 19.6 Å². The second-order valence-corrected chi connectivity index (χ2v) is 4.63. The molecular formula is C11H23N3O. The number of rotatable bonds is 4. The Kier molecular flexibility index (Phi) is 5.05. The smallest absolute Gasteiger partial charge is 0.236 e. The molecule has 1 unspecified atom stereocenters. The Morgan fingerprint density at radius 1 is 1.67 bits per heavy atom. The summed E-state index contributed by atoms with van der Waals surface area (Å²) in [6.07, 6.45) is 2.62. The van der Waals surface area contributed by atoms with Gasteiger partial charge in [0.05, 0.1) is 6.04 Å². The van der Waals surface area contributed by atoms with Crippen LogP contribution in [0, 0.1) is 5.92 Å². The largest absolute Gasteiger partial charge is 0.353 e. The van der Waals surface area contributed by atoms with Crippen LogP contribution in [0.25, 0.3) is 0 Å². The molecule has 1 aliphatic heterocycles. The summed E-state index contributed by atoms with van der Waals surface area (Å²) in [5.74, 6) is 0.739. The molecule has 2 atom stereocenters. The first-order valence-electron chi connectivity index (χ1n) is 5.85. The van der Waals surface area contributed by atoms with Crippen LogP contribution >= 0.6 is 0 Å². The SMILES string of the molecule is CC1CCCN(CCNC(=O)[C@@H](C)N)C1. The number of nitrogens with one attached hydrogen (secondary N) is 1. The van der Waals surface area contributed by atoms with Crippen molar-refractivity contribution >= 4 is 5.91 Å². The molecule has 0 aliphatic carbocycles. The molecule has 1 saturated heterocycles. The number of hydrogen-bond acceptors (Lipinski definition) is 3. The topological polar surface area (TPSA) is 58.4 Å². The normalized spacial score (nSPS) is 24.9. The van der Waals surface area contributed by atoms with Gasteiger partial charge in [0.25, 0.3) is 0 Å². The standard InChI is InChI=1S/C11H23N3O/c1-9-4-3-6-14(8-9)7-5-13-11(15)10(2)12/h9-10H,3-8,12H2,1-2H3,(H,13,15)/t9?,10-/m1/s1. The van der Waals surface area contributed by atoms with E-state index in [4.69, 9.17) is 5.73 Å². The fourth-order valence-electron chi connectivity index (χ4n) is 1.99. The molecule has 4 nitrogen and oxygen atoms in total. The van der Waals surface area contributed by atoms with Gasteiger partial charge in [-0.05, 0) is 32.2 Å². The summed E-state index contributed by atoms with van der Waals surface area (Å²) in [6, 6.07) is -0.398. The highest BCUT2D eigenvalue weighted by atomic mass is 16.2. The van der Waals surface area contributed by atoms with Crippen molar-refractivity contribution in [2.45, 2.75) is 32.7 Å². The fourth-order valence-corrected chi connectivity index (χ4v) is 1.99. The minimum Gasteiger partial charge on any atom is -0.353 e. The molecule has 0 radical (unpaired) electrons. The molecule has 1 fully saturated rings. The lowest BCUT2D eigenvalue weighted by atomic mass is 10.0. The van der Waals surface area contributed by atoms with Crippen LogP contribution in [0.3, 0.4) is 0 Å². The summed E-state index contributed by atoms with van der Waals surface area (Å²) in [7, 11) is 0. The van der Waals surface area contributed by atoms with Gasteiger partial charge < -0.3 is 16.0 Å². The van der Waals surface area contributed by atoms with Crippen molar-refractivity contribution in [2.24, 2.45) is 11.7 Å². The Bertz CT molecular complexity index is 206. The van der Waals surface area contributed by atoms with Gasteiger partial charge in [-0.2, -0.15) is 0 Å². The Labute approximate surface area is 92.2 Å². The Balaban J connectivity index is 2.11. The molecule has 15 heavy (non-hydrogen) atoms. The van der Waals surface area contributed by atoms with Crippen LogP contribution in [-0.4, -0.2) is 43.0 Å². The van der Waals surface area contributed by atoms with E-state index in [1.54, 1.807) is 6.92 Å². The minimum absolute atomic E-state index is 0.0555. The van der Waals surface area contributed by atoms with Crippen molar-refractivity contribution in [1.82, 2.24) is 10.2 Å². The maximum Gasteiger partial charge on any atom is 0.236 e. The van der Waals surface area contributed by atoms with Gasteiger partial charge in [-0.15, -0.1) is 0 Å². The third kappa shape index (κ3) is 4.62. The van der Waals surface area contributed by atoms with Gasteiger partial charge in [-0.1, -0.05) is 6.92 Å². The predicted molar refractivity (Wildman–Crippen MR) is 61.5 cm³/mol. The fraction of sp³-hybridized carbons (Fsp3) is 0.909. The van der Waals surface area contributed by atoms with E-state index >= 15 is 0 Å². The lowest BCUT2D eigenvalue weighted by Crippen LogP contribution is -2.44. The van der Waals surface area contributed by atoms with Crippen LogP contribution in [0.4, 0.5) is 0 Å². The summed E-state index contributed by atoms with van der Waals surface area (Å²) in [6.45, 7) is 7.98. The van der Waals surface area contributed by atoms with Crippen molar-refractivity contribution in [2.75, 3.05) is 26.2 Å². The first-order valence-corrected chi connectivity index (χ1v) is 5.85. The van der Waals surface area contributed by atoms with Crippen molar-refractivity contribution in [3.05, 3.63) is 0 Å². The van der Waals surface area contributed by atoms with Crippen LogP contribution in [0.15, 0.2) is 0 Å². The average Bonchev–Trinajstić information content (AvgIpc) is 2.17. The molecule has 4 heteroatoms. The van der Waals surface area contributed by atoms with E-state index in [9.17, 15) is 4.79 Å². The average molecular weight is 213 g/mol. The van der Waals surface area contributed by atoms with E-state index < -0.39 is 6.04 Å². The van der Waals surface area contributed by atoms with Crippen LogP contribution in [0.5, 0.6) is 0 Å². The van der Waals surface area contributed by atoms with Crippen LogP contribution in [0.1, 0.15) is 26.7 Å². The molecule has 1 rings (SSSR count). The number of nitrogens with two attached hydrogens (primary N) is 1. The molecule has 0 bridgehead atoms. The third-order valence-corrected chi connectivity index (χ3v) is 2.88. The minimum atomic E-state index is -0.398. The predicted octanol–water partition coefficient (Wildman–Crippen LogP) is 0.182. The first-order chi connectivity index (χ1) is 7.09. The molecule has 1 heterocycles. The summed E-state index contributed by atoms with van der Waals surface area (Å²) in [4.78, 5) is 13.6. The highest BCUT2D eigenvalue weighted by Crippen LogP contribution is 2.14. The van der Waals surface area contributed by atoms with Crippen molar-refractivity contribution in [3.8, 4) is 0 Å². The zero-order valence-electron chi connectivity index (χ0n) is 9.83. The monoisotopic (exact) mass is 213 g/mol. The number of carbonyl (C=O) groups is 1. The lowest BCUT2D eigenvalue weighted by molar-refractivity contribution is -0.122. The number of carbonyl (C=O) groups excluding carboxylic acids is 1. The second-order valence-electron chi connectivity index (χ2n) is 4.63. The van der Waals surface area contributed by atoms with Gasteiger partial charge >= 0.3 is 0 Å². The Hall–Kier alpha value is -0.610. The Morgan fingerprint density at radius 2 is 2.40 bits per heavy atom. The van der Waals surface area contributed by atoms with Gasteiger partial charge in [-0.25, -0.2) is 0 Å². The maximum absolute atomic E-state index is 11.2. The van der Waals surface area contributed by atoms with Gasteiger partial charge in [0.15, 0.2) is 0 Å². The highest BCUT2D eigenvalue weighted by molar-refractivity contribution is 5.80. The van der Waals surface area contributed by atoms with Gasteiger partial charge in [-0.3, -0.25) is 4.79 Å². The van der Waals surface area contributed by atoms with Crippen molar-refractivity contribution < 1.29 is 4.79 Å². The molecule has 88 valence electrons. The molecule has 0 spiro atoms. The highest BCUT2D eigenvalue weighted by Gasteiger charge is 2.15. The molecule has 3 N–H and O–H groups in total. The van der Waals surface area contributed by atoms with Gasteiger partial charge in [0.1, 0.15) is 0 Å². The zero-order valence-corrected chi connectivity index (χ0v) is 9.83. The molecule has 1 amide bonds. The summed E-state index contributed by atoms with van der Waals surface area (Å²) >= 11 is 0. The lowest BCUT2D eigenvalue weighted by Gasteiger charge is -2.30. The first kappa shape index (κ1) is 12.5. The van der Waals surface area contributed by atoms with Crippen molar-refractivity contribution in [3.63, 3.8) is 0 Å². The molecule has 0 aromatic heterocycles. The molecule has 0 saturated carbocycles. The van der Waals surface area contributed by atoms with E-state index in [1.165, 1.54) is 19.4 Å². The summed E-state index contributed by atoms with van der Waals surface area (Å²) in [5, 5.41) is 2.84. The van der Waals surface area contributed by atoms with Crippen LogP contribution < -0.4 is 11.1 Å². The number of nitrogens with zero attached hydrogens (tertiary/aromatic N) is 1. The Morgan fingerprint density at radius 3 is 3.00 bits per heavy atom. The van der Waals surface area contributed by atoms with E-state index in [0.717, 1.165) is 19.0 Å². The van der Waals surface area contributed by atoms with E-state index in [2.05, 4.69) is 17.1 Å². The third-order valence-electron chi connectivity index (χ3n) is 2.88. The molecular weight excluding hydrogens is 190 g/mol. The number of hydrogen-bond donors (Lipinski definition) is 2. The van der Waals surface area contributed by atoms with Crippen LogP contribution in [-0.2, 0) is 4.79 Å². The number of likely N-dealkylation sites (tertiary alicyclic amines) is 1. The molecule has 0 aromatic rings. The maximum atomic E-state index is 11.2.